The highest BCUT2D eigenvalue weighted by atomic mass is 16.5. The summed E-state index contributed by atoms with van der Waals surface area (Å²) in [6, 6.07) is 17.1. The smallest absolute Gasteiger partial charge is 0.181 e. The van der Waals surface area contributed by atoms with Gasteiger partial charge in [-0.25, -0.2) is 9.97 Å². The van der Waals surface area contributed by atoms with Gasteiger partial charge in [0.15, 0.2) is 12.2 Å². The lowest BCUT2D eigenvalue weighted by Crippen LogP contribution is -2.47. The quantitative estimate of drug-likeness (QED) is 0.354. The van der Waals surface area contributed by atoms with Gasteiger partial charge in [0, 0.05) is 49.5 Å². The van der Waals surface area contributed by atoms with Crippen LogP contribution in [-0.4, -0.2) is 57.1 Å². The highest BCUT2D eigenvalue weighted by molar-refractivity contribution is 5.92. The first-order valence-corrected chi connectivity index (χ1v) is 12.8. The summed E-state index contributed by atoms with van der Waals surface area (Å²) in [5, 5.41) is 1.24. The van der Waals surface area contributed by atoms with E-state index in [1.54, 1.807) is 6.20 Å². The first-order chi connectivity index (χ1) is 18.2. The molecule has 2 aliphatic rings. The van der Waals surface area contributed by atoms with Gasteiger partial charge in [-0.2, -0.15) is 0 Å². The molecule has 8 nitrogen and oxygen atoms in total. The molecule has 0 bridgehead atoms. The van der Waals surface area contributed by atoms with Gasteiger partial charge in [-0.15, -0.1) is 0 Å². The van der Waals surface area contributed by atoms with Crippen LogP contribution in [0.15, 0.2) is 71.9 Å². The van der Waals surface area contributed by atoms with Crippen molar-refractivity contribution < 1.29 is 9.15 Å². The second-order valence-corrected chi connectivity index (χ2v) is 9.70. The fourth-order valence-electron chi connectivity index (χ4n) is 5.53. The van der Waals surface area contributed by atoms with Crippen LogP contribution in [0.4, 0.5) is 5.69 Å². The molecule has 2 aromatic carbocycles. The summed E-state index contributed by atoms with van der Waals surface area (Å²) >= 11 is 0. The molecule has 3 aromatic heterocycles. The number of aromatic nitrogens is 4. The third kappa shape index (κ3) is 3.94. The van der Waals surface area contributed by atoms with Gasteiger partial charge in [0.1, 0.15) is 24.4 Å². The summed E-state index contributed by atoms with van der Waals surface area (Å²) in [6.45, 7) is 7.61. The van der Waals surface area contributed by atoms with Gasteiger partial charge in [-0.3, -0.25) is 14.5 Å². The maximum Gasteiger partial charge on any atom is 0.181 e. The fourth-order valence-corrected chi connectivity index (χ4v) is 5.53. The van der Waals surface area contributed by atoms with Gasteiger partial charge in [0.2, 0.25) is 0 Å². The van der Waals surface area contributed by atoms with E-state index in [0.717, 1.165) is 73.2 Å². The van der Waals surface area contributed by atoms with Gasteiger partial charge in [-0.1, -0.05) is 18.2 Å². The lowest BCUT2D eigenvalue weighted by atomic mass is 10.1. The third-order valence-corrected chi connectivity index (χ3v) is 7.48. The van der Waals surface area contributed by atoms with E-state index < -0.39 is 0 Å². The number of nitrogens with zero attached hydrogens (tertiary/aromatic N) is 6. The lowest BCUT2D eigenvalue weighted by Gasteiger charge is -2.36. The minimum Gasteiger partial charge on any atom is -0.485 e. The van der Waals surface area contributed by atoms with Crippen LogP contribution in [0.25, 0.3) is 28.0 Å². The van der Waals surface area contributed by atoms with Crippen molar-refractivity contribution in [1.82, 2.24) is 24.4 Å². The van der Waals surface area contributed by atoms with E-state index in [2.05, 4.69) is 72.9 Å². The molecule has 0 N–H and O–H groups in total. The zero-order valence-corrected chi connectivity index (χ0v) is 20.8. The molecule has 0 spiro atoms. The van der Waals surface area contributed by atoms with Gasteiger partial charge in [0.05, 0.1) is 23.1 Å². The highest BCUT2D eigenvalue weighted by Gasteiger charge is 2.25. The van der Waals surface area contributed by atoms with Crippen molar-refractivity contribution in [1.29, 1.82) is 0 Å². The van der Waals surface area contributed by atoms with Crippen LogP contribution in [-0.2, 0) is 13.0 Å². The first-order valence-electron chi connectivity index (χ1n) is 12.8. The molecule has 0 radical (unpaired) electrons. The molecule has 0 saturated carbocycles. The van der Waals surface area contributed by atoms with Crippen LogP contribution in [0.5, 0.6) is 5.75 Å². The molecular weight excluding hydrogens is 464 g/mol. The molecule has 5 aromatic rings. The van der Waals surface area contributed by atoms with Crippen LogP contribution < -0.4 is 9.64 Å². The minimum atomic E-state index is 0.456. The van der Waals surface area contributed by atoms with Crippen LogP contribution >= 0.6 is 0 Å². The molecule has 186 valence electrons. The summed E-state index contributed by atoms with van der Waals surface area (Å²) < 4.78 is 13.9. The number of fused-ring (bicyclic) bond motifs is 4. The summed E-state index contributed by atoms with van der Waals surface area (Å²) in [6.07, 6.45) is 5.91. The number of ether oxygens (including phenoxy) is 1. The third-order valence-electron chi connectivity index (χ3n) is 7.48. The number of pyridine rings is 1. The van der Waals surface area contributed by atoms with E-state index >= 15 is 0 Å². The molecule has 0 atom stereocenters. The van der Waals surface area contributed by atoms with Crippen LogP contribution in [0.1, 0.15) is 17.0 Å². The Morgan fingerprint density at radius 2 is 1.81 bits per heavy atom. The highest BCUT2D eigenvalue weighted by Crippen LogP contribution is 2.37. The number of benzene rings is 2. The van der Waals surface area contributed by atoms with Crippen LogP contribution in [0, 0.1) is 6.92 Å². The maximum absolute atomic E-state index is 6.29. The predicted molar refractivity (Wildman–Crippen MR) is 142 cm³/mol. The number of para-hydroxylation sites is 1. The Hall–Kier alpha value is -4.17. The van der Waals surface area contributed by atoms with E-state index in [4.69, 9.17) is 14.1 Å². The molecule has 1 saturated heterocycles. The van der Waals surface area contributed by atoms with Crippen molar-refractivity contribution in [2.75, 3.05) is 37.6 Å². The number of hydrogen-bond donors (Lipinski definition) is 0. The summed E-state index contributed by atoms with van der Waals surface area (Å²) in [7, 11) is 0. The van der Waals surface area contributed by atoms with Crippen molar-refractivity contribution in [2.24, 2.45) is 0 Å². The number of oxazole rings is 1. The standard InChI is InChI=1S/C29H28N6O2/c1-20-8-9-22-23(32-20)5-3-6-24(22)34-14-12-33(13-15-34)11-10-21-4-2-7-25-29(21)36-17-26-28(31-18-35(25)26)27-16-30-19-37-27/h2-9,16,18-19H,10-15,17H2,1H3. The van der Waals surface area contributed by atoms with Crippen LogP contribution in [0.2, 0.25) is 0 Å². The second-order valence-electron chi connectivity index (χ2n) is 9.70. The average Bonchev–Trinajstić information content (AvgIpc) is 3.62. The second kappa shape index (κ2) is 9.05. The average molecular weight is 493 g/mol. The molecule has 1 fully saturated rings. The lowest BCUT2D eigenvalue weighted by molar-refractivity contribution is 0.255. The Morgan fingerprint density at radius 1 is 0.946 bits per heavy atom. The Morgan fingerprint density at radius 3 is 2.68 bits per heavy atom. The number of imidazole rings is 1. The molecule has 5 heterocycles. The number of hydrogen-bond acceptors (Lipinski definition) is 7. The van der Waals surface area contributed by atoms with Crippen molar-refractivity contribution >= 4 is 16.6 Å². The minimum absolute atomic E-state index is 0.456. The van der Waals surface area contributed by atoms with Crippen molar-refractivity contribution in [2.45, 2.75) is 20.0 Å². The van der Waals surface area contributed by atoms with Gasteiger partial charge >= 0.3 is 0 Å². The largest absolute Gasteiger partial charge is 0.485 e. The van der Waals surface area contributed by atoms with E-state index in [1.807, 2.05) is 13.3 Å². The number of aryl methyl sites for hydroxylation is 1. The molecule has 37 heavy (non-hydrogen) atoms. The molecule has 8 heteroatoms. The summed E-state index contributed by atoms with van der Waals surface area (Å²) in [5.74, 6) is 1.61. The van der Waals surface area contributed by atoms with Gasteiger partial charge in [0.25, 0.3) is 0 Å². The topological polar surface area (TPSA) is 72.5 Å². The summed E-state index contributed by atoms with van der Waals surface area (Å²) in [5.41, 5.74) is 7.44. The van der Waals surface area contributed by atoms with Gasteiger partial charge in [-0.05, 0) is 49.2 Å². The van der Waals surface area contributed by atoms with Crippen LogP contribution in [0.3, 0.4) is 0 Å². The van der Waals surface area contributed by atoms with E-state index in [-0.39, 0.29) is 0 Å². The van der Waals surface area contributed by atoms with Crippen molar-refractivity contribution in [3.05, 3.63) is 84.4 Å². The first kappa shape index (κ1) is 22.1. The summed E-state index contributed by atoms with van der Waals surface area (Å²) in [4.78, 5) is 18.4. The molecule has 2 aliphatic heterocycles. The van der Waals surface area contributed by atoms with E-state index in [9.17, 15) is 0 Å². The predicted octanol–water partition coefficient (Wildman–Crippen LogP) is 4.64. The molecule has 0 amide bonds. The maximum atomic E-state index is 6.29. The molecule has 0 unspecified atom stereocenters. The Balaban J connectivity index is 1.04. The Kier molecular flexibility index (Phi) is 5.39. The fraction of sp³-hybridized carbons (Fsp3) is 0.276. The van der Waals surface area contributed by atoms with E-state index in [1.165, 1.54) is 23.0 Å². The van der Waals surface area contributed by atoms with E-state index in [0.29, 0.717) is 12.4 Å². The molecular formula is C29H28N6O2. The van der Waals surface area contributed by atoms with Crippen molar-refractivity contribution in [3.63, 3.8) is 0 Å². The Bertz CT molecular complexity index is 1570. The monoisotopic (exact) mass is 492 g/mol. The van der Waals surface area contributed by atoms with Crippen molar-refractivity contribution in [3.8, 4) is 22.9 Å². The SMILES string of the molecule is Cc1ccc2c(N3CCN(CCc4cccc5c4OCc4c(-c6cnco6)ncn4-5)CC3)cccc2n1. The molecule has 0 aliphatic carbocycles. The molecule has 7 rings (SSSR count). The number of piperazine rings is 1. The zero-order chi connectivity index (χ0) is 24.8. The number of anilines is 1. The zero-order valence-electron chi connectivity index (χ0n) is 20.8. The number of rotatable bonds is 5. The Labute approximate surface area is 215 Å². The van der Waals surface area contributed by atoms with Gasteiger partial charge < -0.3 is 14.1 Å². The normalized spacial score (nSPS) is 15.4.